The van der Waals surface area contributed by atoms with Gasteiger partial charge in [0.2, 0.25) is 0 Å². The fourth-order valence-electron chi connectivity index (χ4n) is 2.74. The highest BCUT2D eigenvalue weighted by Gasteiger charge is 2.26. The molecule has 0 radical (unpaired) electrons. The Bertz CT molecular complexity index is 714. The van der Waals surface area contributed by atoms with Gasteiger partial charge in [0.25, 0.3) is 5.91 Å². The average molecular weight is 337 g/mol. The number of benzene rings is 2. The molecule has 0 aliphatic carbocycles. The van der Waals surface area contributed by atoms with E-state index in [1.807, 2.05) is 49.4 Å². The van der Waals surface area contributed by atoms with Crippen molar-refractivity contribution in [1.29, 1.82) is 0 Å². The molecule has 3 rings (SSSR count). The third-order valence-electron chi connectivity index (χ3n) is 4.14. The summed E-state index contributed by atoms with van der Waals surface area (Å²) < 4.78 is 0. The summed E-state index contributed by atoms with van der Waals surface area (Å²) in [7, 11) is 0. The molecule has 4 N–H and O–H groups in total. The first-order valence-electron chi connectivity index (χ1n) is 8.38. The minimum atomic E-state index is -0.174. The minimum absolute atomic E-state index is 0.146. The summed E-state index contributed by atoms with van der Waals surface area (Å²) in [5.74, 6) is -0.000223. The molecule has 1 fully saturated rings. The molecule has 2 unspecified atom stereocenters. The maximum absolute atomic E-state index is 11.9. The van der Waals surface area contributed by atoms with Crippen molar-refractivity contribution >= 4 is 17.8 Å². The molecule has 1 amide bonds. The summed E-state index contributed by atoms with van der Waals surface area (Å²) in [5.41, 5.74) is 12.3. The highest BCUT2D eigenvalue weighted by molar-refractivity contribution is 5.81. The molecule has 0 spiro atoms. The molecule has 1 saturated heterocycles. The van der Waals surface area contributed by atoms with Crippen molar-refractivity contribution in [3.05, 3.63) is 65.7 Å². The Balaban J connectivity index is 1.47. The third kappa shape index (κ3) is 4.89. The number of amides is 1. The van der Waals surface area contributed by atoms with Crippen molar-refractivity contribution in [2.45, 2.75) is 13.0 Å². The highest BCUT2D eigenvalue weighted by Crippen LogP contribution is 2.22. The summed E-state index contributed by atoms with van der Waals surface area (Å²) in [6, 6.07) is 18.2. The van der Waals surface area contributed by atoms with Gasteiger partial charge in [-0.15, -0.1) is 0 Å². The first-order chi connectivity index (χ1) is 12.2. The van der Waals surface area contributed by atoms with E-state index >= 15 is 0 Å². The number of hydrogen-bond acceptors (Lipinski definition) is 5. The second kappa shape index (κ2) is 8.41. The Hall–Kier alpha value is -2.70. The van der Waals surface area contributed by atoms with Crippen LogP contribution in [0.15, 0.2) is 59.7 Å². The molecule has 2 aromatic carbocycles. The van der Waals surface area contributed by atoms with E-state index in [0.29, 0.717) is 0 Å². The first kappa shape index (κ1) is 17.1. The van der Waals surface area contributed by atoms with Crippen molar-refractivity contribution in [1.82, 2.24) is 16.3 Å². The van der Waals surface area contributed by atoms with Crippen LogP contribution >= 0.6 is 0 Å². The maximum Gasteiger partial charge on any atom is 0.259 e. The van der Waals surface area contributed by atoms with E-state index in [9.17, 15) is 4.79 Å². The molecule has 1 aliphatic rings. The number of carbonyl (C=O) groups excluding carboxylic acids is 1. The van der Waals surface area contributed by atoms with E-state index in [4.69, 9.17) is 0 Å². The molecule has 1 heterocycles. The van der Waals surface area contributed by atoms with Gasteiger partial charge in [0.05, 0.1) is 12.6 Å². The Morgan fingerprint density at radius 3 is 2.72 bits per heavy atom. The lowest BCUT2D eigenvalue weighted by atomic mass is 9.96. The number of hydrogen-bond donors (Lipinski definition) is 4. The van der Waals surface area contributed by atoms with E-state index in [0.717, 1.165) is 12.2 Å². The molecule has 6 heteroatoms. The monoisotopic (exact) mass is 337 g/mol. The molecule has 0 saturated carbocycles. The van der Waals surface area contributed by atoms with Crippen LogP contribution < -0.4 is 21.6 Å². The van der Waals surface area contributed by atoms with Crippen LogP contribution in [0.2, 0.25) is 0 Å². The molecule has 0 aromatic heterocycles. The Morgan fingerprint density at radius 2 is 1.96 bits per heavy atom. The minimum Gasteiger partial charge on any atom is -0.376 e. The molecule has 0 bridgehead atoms. The molecular formula is C19H23N5O. The molecule has 25 heavy (non-hydrogen) atoms. The summed E-state index contributed by atoms with van der Waals surface area (Å²) >= 11 is 0. The number of aryl methyl sites for hydroxylation is 1. The molecule has 1 aliphatic heterocycles. The van der Waals surface area contributed by atoms with Crippen LogP contribution in [-0.2, 0) is 4.79 Å². The van der Waals surface area contributed by atoms with Crippen LogP contribution in [0.5, 0.6) is 0 Å². The van der Waals surface area contributed by atoms with Crippen molar-refractivity contribution < 1.29 is 4.79 Å². The predicted molar refractivity (Wildman–Crippen MR) is 100 cm³/mol. The number of anilines is 1. The SMILES string of the molecule is Cc1ccc(NCC(=O)N/N=C/C2CNNC2c2ccccc2)cc1. The number of hydrazone groups is 1. The fraction of sp³-hybridized carbons (Fsp3) is 0.263. The Labute approximate surface area is 147 Å². The van der Waals surface area contributed by atoms with Gasteiger partial charge >= 0.3 is 0 Å². The number of nitrogens with zero attached hydrogens (tertiary/aromatic N) is 1. The van der Waals surface area contributed by atoms with E-state index in [1.54, 1.807) is 6.21 Å². The lowest BCUT2D eigenvalue weighted by Crippen LogP contribution is -2.27. The summed E-state index contributed by atoms with van der Waals surface area (Å²) in [4.78, 5) is 11.9. The van der Waals surface area contributed by atoms with Crippen LogP contribution in [0.3, 0.4) is 0 Å². The van der Waals surface area contributed by atoms with Gasteiger partial charge in [0, 0.05) is 24.4 Å². The highest BCUT2D eigenvalue weighted by atomic mass is 16.2. The van der Waals surface area contributed by atoms with Gasteiger partial charge in [-0.3, -0.25) is 10.2 Å². The van der Waals surface area contributed by atoms with Gasteiger partial charge in [-0.2, -0.15) is 5.10 Å². The van der Waals surface area contributed by atoms with E-state index in [-0.39, 0.29) is 24.4 Å². The fourth-order valence-corrected chi connectivity index (χ4v) is 2.74. The topological polar surface area (TPSA) is 77.5 Å². The normalized spacial score (nSPS) is 19.9. The molecule has 6 nitrogen and oxygen atoms in total. The summed E-state index contributed by atoms with van der Waals surface area (Å²) in [6.45, 7) is 2.98. The van der Waals surface area contributed by atoms with E-state index < -0.39 is 0 Å². The van der Waals surface area contributed by atoms with Crippen LogP contribution in [0.25, 0.3) is 0 Å². The Morgan fingerprint density at radius 1 is 1.20 bits per heavy atom. The van der Waals surface area contributed by atoms with Crippen LogP contribution in [0.4, 0.5) is 5.69 Å². The van der Waals surface area contributed by atoms with E-state index in [1.165, 1.54) is 11.1 Å². The molecular weight excluding hydrogens is 314 g/mol. The predicted octanol–water partition coefficient (Wildman–Crippen LogP) is 1.97. The van der Waals surface area contributed by atoms with Gasteiger partial charge in [-0.25, -0.2) is 10.9 Å². The summed E-state index contributed by atoms with van der Waals surface area (Å²) in [6.07, 6.45) is 1.79. The van der Waals surface area contributed by atoms with Gasteiger partial charge in [-0.05, 0) is 24.6 Å². The zero-order chi connectivity index (χ0) is 17.5. The zero-order valence-electron chi connectivity index (χ0n) is 14.2. The molecule has 2 aromatic rings. The van der Waals surface area contributed by atoms with Gasteiger partial charge < -0.3 is 5.32 Å². The second-order valence-electron chi connectivity index (χ2n) is 6.11. The largest absolute Gasteiger partial charge is 0.376 e. The van der Waals surface area contributed by atoms with E-state index in [2.05, 4.69) is 38.8 Å². The standard InChI is InChI=1S/C19H23N5O/c1-14-7-9-17(10-8-14)20-13-18(25)23-21-11-16-12-22-24-19(16)15-5-3-2-4-6-15/h2-11,16,19-20,22,24H,12-13H2,1H3,(H,23,25)/b21-11+. The average Bonchev–Trinajstić information content (AvgIpc) is 3.10. The number of nitrogens with one attached hydrogen (secondary N) is 4. The zero-order valence-corrected chi connectivity index (χ0v) is 14.2. The third-order valence-corrected chi connectivity index (χ3v) is 4.14. The lowest BCUT2D eigenvalue weighted by Gasteiger charge is -2.14. The van der Waals surface area contributed by atoms with Crippen molar-refractivity contribution in [2.75, 3.05) is 18.4 Å². The van der Waals surface area contributed by atoms with Gasteiger partial charge in [-0.1, -0.05) is 48.0 Å². The van der Waals surface area contributed by atoms with Crippen LogP contribution in [0.1, 0.15) is 17.2 Å². The van der Waals surface area contributed by atoms with Crippen LogP contribution in [-0.4, -0.2) is 25.2 Å². The summed E-state index contributed by atoms with van der Waals surface area (Å²) in [5, 5.41) is 7.18. The van der Waals surface area contributed by atoms with Gasteiger partial charge in [0.15, 0.2) is 0 Å². The lowest BCUT2D eigenvalue weighted by molar-refractivity contribution is -0.119. The van der Waals surface area contributed by atoms with Crippen LogP contribution in [0, 0.1) is 12.8 Å². The number of rotatable bonds is 6. The first-order valence-corrected chi connectivity index (χ1v) is 8.38. The quantitative estimate of drug-likeness (QED) is 0.480. The van der Waals surface area contributed by atoms with Gasteiger partial charge in [0.1, 0.15) is 0 Å². The number of carbonyl (C=O) groups is 1. The number of hydrazine groups is 1. The smallest absolute Gasteiger partial charge is 0.259 e. The van der Waals surface area contributed by atoms with Crippen molar-refractivity contribution in [3.63, 3.8) is 0 Å². The second-order valence-corrected chi connectivity index (χ2v) is 6.11. The Kier molecular flexibility index (Phi) is 5.77. The van der Waals surface area contributed by atoms with Crippen molar-refractivity contribution in [3.8, 4) is 0 Å². The molecule has 2 atom stereocenters. The van der Waals surface area contributed by atoms with Crippen molar-refractivity contribution in [2.24, 2.45) is 11.0 Å². The maximum atomic E-state index is 11.9. The molecule has 130 valence electrons.